The smallest absolute Gasteiger partial charge is 0.421 e. The summed E-state index contributed by atoms with van der Waals surface area (Å²) in [6.07, 6.45) is 16.4. The number of aryl methyl sites for hydroxylation is 2. The van der Waals surface area contributed by atoms with Crippen LogP contribution in [0.3, 0.4) is 0 Å². The van der Waals surface area contributed by atoms with Gasteiger partial charge in [0.05, 0.1) is 32.7 Å². The minimum absolute atomic E-state index is 0.762. The third-order valence-electron chi connectivity index (χ3n) is 5.66. The molecule has 2 aromatic rings. The highest BCUT2D eigenvalue weighted by Crippen LogP contribution is 2.37. The number of unbranched alkanes of at least 4 members (excludes halogenated alkanes) is 2. The Morgan fingerprint density at radius 3 is 1.47 bits per heavy atom. The molecule has 31 heteroatoms. The molecule has 0 fully saturated rings. The second-order valence-electron chi connectivity index (χ2n) is 9.89. The minimum atomic E-state index is -6.72. The number of ether oxygens (including phenoxy) is 1. The number of hydrogen-bond donors (Lipinski definition) is 1. The van der Waals surface area contributed by atoms with Crippen molar-refractivity contribution in [2.75, 3.05) is 13.2 Å². The van der Waals surface area contributed by atoms with Gasteiger partial charge in [-0.15, -0.1) is 0 Å². The number of imidazole rings is 2. The van der Waals surface area contributed by atoms with Gasteiger partial charge in [-0.1, -0.05) is 26.7 Å². The van der Waals surface area contributed by atoms with Crippen molar-refractivity contribution in [3.05, 3.63) is 45.2 Å². The van der Waals surface area contributed by atoms with Crippen molar-refractivity contribution in [1.29, 1.82) is 0 Å². The van der Waals surface area contributed by atoms with Crippen LogP contribution >= 0.6 is 0 Å². The molecule has 0 aliphatic rings. The van der Waals surface area contributed by atoms with Crippen molar-refractivity contribution in [3.63, 3.8) is 0 Å². The van der Waals surface area contributed by atoms with Crippen LogP contribution in [0.5, 0.6) is 0 Å². The molecule has 0 radical (unpaired) electrons. The van der Waals surface area contributed by atoms with Crippen molar-refractivity contribution < 1.29 is 100 Å². The molecule has 2 heterocycles. The Morgan fingerprint density at radius 2 is 1.08 bits per heavy atom. The van der Waals surface area contributed by atoms with Gasteiger partial charge in [-0.3, -0.25) is 0 Å². The predicted octanol–water partition coefficient (Wildman–Crippen LogP) is 4.37. The Hall–Kier alpha value is -2.74. The summed E-state index contributed by atoms with van der Waals surface area (Å²) < 4.78 is 231. The van der Waals surface area contributed by atoms with E-state index in [4.69, 9.17) is 4.74 Å². The lowest BCUT2D eigenvalue weighted by atomic mass is 10.3. The van der Waals surface area contributed by atoms with Gasteiger partial charge in [0, 0.05) is 0 Å². The summed E-state index contributed by atoms with van der Waals surface area (Å²) in [5.74, 6) is 1.26. The van der Waals surface area contributed by atoms with Crippen molar-refractivity contribution in [1.82, 2.24) is 9.55 Å². The van der Waals surface area contributed by atoms with E-state index in [-0.39, 0.29) is 0 Å². The van der Waals surface area contributed by atoms with Crippen LogP contribution in [-0.2, 0) is 70.9 Å². The first-order valence-electron chi connectivity index (χ1n) is 14.2. The molecular formula is C22H32F12N6O9S4. The Balaban J connectivity index is 0.000000799. The molecule has 1 N–H and O–H groups in total. The predicted molar refractivity (Wildman–Crippen MR) is 157 cm³/mol. The van der Waals surface area contributed by atoms with Crippen LogP contribution in [0.2, 0.25) is 0 Å². The van der Waals surface area contributed by atoms with E-state index in [1.165, 1.54) is 31.5 Å². The molecular weight excluding hydrogens is 849 g/mol. The molecule has 0 spiro atoms. The van der Waals surface area contributed by atoms with Crippen LogP contribution in [0, 0.1) is 0 Å². The van der Waals surface area contributed by atoms with Gasteiger partial charge in [-0.25, -0.2) is 52.4 Å². The molecule has 0 bridgehead atoms. The fraction of sp³-hybridized carbons (Fsp3) is 0.727. The van der Waals surface area contributed by atoms with Crippen LogP contribution in [-0.4, -0.2) is 78.5 Å². The number of aromatic nitrogens is 4. The molecule has 15 nitrogen and oxygen atoms in total. The molecule has 2 rings (SSSR count). The molecule has 2 aromatic heterocycles. The van der Waals surface area contributed by atoms with E-state index in [1.807, 2.05) is 6.20 Å². The van der Waals surface area contributed by atoms with Gasteiger partial charge in [-0.2, -0.15) is 52.7 Å². The average molecular weight is 881 g/mol. The Morgan fingerprint density at radius 1 is 0.660 bits per heavy atom. The number of sulfonamides is 4. The number of alkyl halides is 12. The largest absolute Gasteiger partial charge is 0.480 e. The SMILES string of the molecule is CCCC[n+]1ccn(CCOCCc2[nH]cc[n+]2CCCC)c1.O=S(=O)([N-]S(=O)(=O)C(F)(F)F)C(F)(F)F.O=S(=O)([N-]S(=O)(=O)C(F)(F)F)C(F)(F)F. The molecule has 0 saturated heterocycles. The van der Waals surface area contributed by atoms with Crippen molar-refractivity contribution >= 4 is 40.1 Å². The van der Waals surface area contributed by atoms with Crippen LogP contribution in [0.4, 0.5) is 52.7 Å². The number of halogens is 12. The van der Waals surface area contributed by atoms with Gasteiger partial charge < -0.3 is 13.0 Å². The number of nitrogens with zero attached hydrogens (tertiary/aromatic N) is 5. The quantitative estimate of drug-likeness (QED) is 0.144. The first-order valence-corrected chi connectivity index (χ1v) is 19.9. The lowest BCUT2D eigenvalue weighted by Crippen LogP contribution is -2.36. The van der Waals surface area contributed by atoms with Crippen molar-refractivity contribution in [2.24, 2.45) is 0 Å². The zero-order valence-electron chi connectivity index (χ0n) is 27.0. The summed E-state index contributed by atoms with van der Waals surface area (Å²) in [6, 6.07) is 0. The maximum Gasteiger partial charge on any atom is 0.480 e. The third kappa shape index (κ3) is 17.1. The maximum atomic E-state index is 11.4. The number of aromatic amines is 1. The summed E-state index contributed by atoms with van der Waals surface area (Å²) in [7, 11) is -26.9. The monoisotopic (exact) mass is 880 g/mol. The molecule has 0 unspecified atom stereocenters. The summed E-state index contributed by atoms with van der Waals surface area (Å²) in [5.41, 5.74) is -24.8. The third-order valence-corrected chi connectivity index (χ3v) is 11.1. The van der Waals surface area contributed by atoms with Crippen molar-refractivity contribution in [2.45, 2.75) is 87.6 Å². The van der Waals surface area contributed by atoms with Gasteiger partial charge in [0.2, 0.25) is 6.33 Å². The number of H-pyrrole nitrogens is 1. The summed E-state index contributed by atoms with van der Waals surface area (Å²) in [5, 5.41) is 0. The van der Waals surface area contributed by atoms with E-state index in [0.29, 0.717) is 0 Å². The van der Waals surface area contributed by atoms with Crippen LogP contribution < -0.4 is 9.13 Å². The summed E-state index contributed by atoms with van der Waals surface area (Å²) in [6.45, 7) is 9.09. The first-order chi connectivity index (χ1) is 23.7. The van der Waals surface area contributed by atoms with Gasteiger partial charge >= 0.3 is 22.0 Å². The minimum Gasteiger partial charge on any atom is -0.421 e. The number of rotatable bonds is 16. The summed E-state index contributed by atoms with van der Waals surface area (Å²) >= 11 is 0. The van der Waals surface area contributed by atoms with Crippen LogP contribution in [0.15, 0.2) is 31.1 Å². The second-order valence-corrected chi connectivity index (χ2v) is 16.7. The van der Waals surface area contributed by atoms with E-state index in [0.717, 1.165) is 47.5 Å². The number of hydrogen-bond acceptors (Lipinski definition) is 9. The molecule has 0 aliphatic heterocycles. The Bertz CT molecular complexity index is 1690. The molecule has 0 aromatic carbocycles. The lowest BCUT2D eigenvalue weighted by molar-refractivity contribution is -0.703. The fourth-order valence-corrected chi connectivity index (χ4v) is 6.48. The molecule has 0 saturated carbocycles. The lowest BCUT2D eigenvalue weighted by Gasteiger charge is -2.22. The molecule has 312 valence electrons. The van der Waals surface area contributed by atoms with E-state index in [2.05, 4.69) is 57.5 Å². The molecule has 0 aliphatic carbocycles. The first kappa shape index (κ1) is 50.3. The highest BCUT2D eigenvalue weighted by Gasteiger charge is 2.48. The van der Waals surface area contributed by atoms with E-state index in [9.17, 15) is 86.4 Å². The van der Waals surface area contributed by atoms with Gasteiger partial charge in [0.25, 0.3) is 5.82 Å². The summed E-state index contributed by atoms with van der Waals surface area (Å²) in [4.78, 5) is 3.32. The highest BCUT2D eigenvalue weighted by molar-refractivity contribution is 8.13. The number of nitrogens with one attached hydrogen (secondary N) is 1. The average Bonchev–Trinajstić information content (AvgIpc) is 3.61. The highest BCUT2D eigenvalue weighted by atomic mass is 32.3. The Labute approximate surface area is 295 Å². The fourth-order valence-electron chi connectivity index (χ4n) is 3.06. The van der Waals surface area contributed by atoms with Gasteiger partial charge in [0.1, 0.15) is 31.3 Å². The molecule has 0 amide bonds. The zero-order valence-corrected chi connectivity index (χ0v) is 30.3. The van der Waals surface area contributed by atoms with Gasteiger partial charge in [0.15, 0.2) is 40.1 Å². The maximum absolute atomic E-state index is 11.4. The normalized spacial score (nSPS) is 13.5. The topological polar surface area (TPSA) is 202 Å². The Kier molecular flexibility index (Phi) is 18.7. The van der Waals surface area contributed by atoms with Gasteiger partial charge in [-0.05, 0) is 12.8 Å². The van der Waals surface area contributed by atoms with E-state index < -0.39 is 62.1 Å². The zero-order chi connectivity index (χ0) is 41.7. The molecule has 53 heavy (non-hydrogen) atoms. The van der Waals surface area contributed by atoms with E-state index >= 15 is 0 Å². The van der Waals surface area contributed by atoms with Crippen LogP contribution in [0.1, 0.15) is 45.4 Å². The second kappa shape index (κ2) is 19.7. The van der Waals surface area contributed by atoms with Crippen molar-refractivity contribution in [3.8, 4) is 0 Å². The van der Waals surface area contributed by atoms with Crippen LogP contribution in [0.25, 0.3) is 8.25 Å². The molecule has 0 atom stereocenters. The van der Waals surface area contributed by atoms with E-state index in [1.54, 1.807) is 0 Å². The standard InChI is InChI=1S/C18H31N4O.2C2F6NO4S2/c1-3-5-9-20-12-13-21(17-20)14-16-23-15-7-18-19-8-11-22(18)10-6-4-2;2*3-1(4,5)14(10,11)9-15(12,13)2(6,7)8/h8,11-13,17H,3-7,9-10,14-16H2,1-2H3;;/q+1;2*-1/p+1.